The van der Waals surface area contributed by atoms with E-state index in [0.717, 1.165) is 12.1 Å². The van der Waals surface area contributed by atoms with Crippen LogP contribution in [0.3, 0.4) is 0 Å². The number of primary sulfonamides is 1. The Morgan fingerprint density at radius 2 is 1.76 bits per heavy atom. The van der Waals surface area contributed by atoms with Gasteiger partial charge in [0.05, 0.1) is 26.9 Å². The Morgan fingerprint density at radius 3 is 2.39 bits per heavy atom. The second-order valence-corrected chi connectivity index (χ2v) is 12.1. The standard InChI is InChI=1S/C28H33N7O5S/c1-28(2,27(38)32-9-10-35(3)4)16-12-19(18-14-17(41(31,39)40)6-8-23(18)36)24(37)20(13-16)26-33-21-7-5-15(25(29)30)11-22(21)34-26/h5-8,11-14,36-37H,9-10H2,1-4H3,(H3,29,30)(H,32,38)(H,33,34)(H2,31,39,40). The molecule has 9 N–H and O–H groups in total. The van der Waals surface area contributed by atoms with Crippen molar-refractivity contribution < 1.29 is 23.4 Å². The van der Waals surface area contributed by atoms with Gasteiger partial charge in [0.2, 0.25) is 15.9 Å². The van der Waals surface area contributed by atoms with Crippen LogP contribution in [0.25, 0.3) is 33.5 Å². The number of nitrogens with one attached hydrogen (secondary N) is 3. The maximum absolute atomic E-state index is 13.3. The van der Waals surface area contributed by atoms with E-state index in [9.17, 15) is 23.4 Å². The molecule has 4 rings (SSSR count). The van der Waals surface area contributed by atoms with Gasteiger partial charge >= 0.3 is 0 Å². The molecular weight excluding hydrogens is 546 g/mol. The SMILES string of the molecule is CN(C)CCNC(=O)C(C)(C)c1cc(-c2nc3ccc(C(=N)N)cc3[nH]2)c(O)c(-c2cc(S(N)(=O)=O)ccc2O)c1. The van der Waals surface area contributed by atoms with E-state index < -0.39 is 15.4 Å². The van der Waals surface area contributed by atoms with Crippen LogP contribution in [0.2, 0.25) is 0 Å². The van der Waals surface area contributed by atoms with Gasteiger partial charge in [0.25, 0.3) is 0 Å². The largest absolute Gasteiger partial charge is 0.507 e. The molecule has 1 aromatic heterocycles. The molecule has 0 fully saturated rings. The van der Waals surface area contributed by atoms with Crippen molar-refractivity contribution in [2.45, 2.75) is 24.2 Å². The Morgan fingerprint density at radius 1 is 1.07 bits per heavy atom. The van der Waals surface area contributed by atoms with Gasteiger partial charge in [-0.15, -0.1) is 0 Å². The highest BCUT2D eigenvalue weighted by atomic mass is 32.2. The minimum Gasteiger partial charge on any atom is -0.507 e. The van der Waals surface area contributed by atoms with Gasteiger partial charge in [-0.05, 0) is 82.0 Å². The average molecular weight is 580 g/mol. The molecule has 0 aliphatic carbocycles. The molecule has 41 heavy (non-hydrogen) atoms. The molecule has 12 nitrogen and oxygen atoms in total. The Labute approximate surface area is 237 Å². The highest BCUT2D eigenvalue weighted by Crippen LogP contribution is 2.44. The number of sulfonamides is 1. The Kier molecular flexibility index (Phi) is 7.81. The monoisotopic (exact) mass is 579 g/mol. The molecule has 4 aromatic rings. The first kappa shape index (κ1) is 29.5. The molecule has 0 saturated carbocycles. The number of amides is 1. The van der Waals surface area contributed by atoms with Crippen LogP contribution < -0.4 is 16.2 Å². The summed E-state index contributed by atoms with van der Waals surface area (Å²) >= 11 is 0. The number of likely N-dealkylation sites (N-methyl/N-ethyl adjacent to an activating group) is 1. The minimum absolute atomic E-state index is 0.00378. The number of benzene rings is 3. The molecular formula is C28H33N7O5S. The van der Waals surface area contributed by atoms with Gasteiger partial charge in [-0.2, -0.15) is 0 Å². The maximum Gasteiger partial charge on any atom is 0.238 e. The number of H-pyrrole nitrogens is 1. The Bertz CT molecular complexity index is 1780. The number of aromatic hydroxyl groups is 2. The van der Waals surface area contributed by atoms with Gasteiger partial charge in [0.15, 0.2) is 0 Å². The van der Waals surface area contributed by atoms with E-state index in [1.165, 1.54) is 12.1 Å². The number of carbonyl (C=O) groups is 1. The third-order valence-electron chi connectivity index (χ3n) is 6.88. The zero-order chi connectivity index (χ0) is 30.3. The molecule has 1 amide bonds. The normalized spacial score (nSPS) is 12.1. The third kappa shape index (κ3) is 6.01. The van der Waals surface area contributed by atoms with E-state index in [0.29, 0.717) is 35.2 Å². The van der Waals surface area contributed by atoms with E-state index in [1.54, 1.807) is 38.1 Å². The number of nitrogen functional groups attached to an aromatic ring is 1. The van der Waals surface area contributed by atoms with Crippen LogP contribution >= 0.6 is 0 Å². The summed E-state index contributed by atoms with van der Waals surface area (Å²) in [6.45, 7) is 4.47. The van der Waals surface area contributed by atoms with Gasteiger partial charge in [-0.3, -0.25) is 10.2 Å². The fourth-order valence-corrected chi connectivity index (χ4v) is 4.88. The molecule has 0 aliphatic rings. The average Bonchev–Trinajstić information content (AvgIpc) is 3.31. The lowest BCUT2D eigenvalue weighted by Gasteiger charge is -2.26. The number of imidazole rings is 1. The van der Waals surface area contributed by atoms with E-state index in [4.69, 9.17) is 16.3 Å². The van der Waals surface area contributed by atoms with Crippen LogP contribution in [0, 0.1) is 5.41 Å². The van der Waals surface area contributed by atoms with Crippen LogP contribution in [0.4, 0.5) is 0 Å². The van der Waals surface area contributed by atoms with Crippen molar-refractivity contribution in [2.75, 3.05) is 27.2 Å². The van der Waals surface area contributed by atoms with Crippen LogP contribution in [0.5, 0.6) is 11.5 Å². The zero-order valence-electron chi connectivity index (χ0n) is 23.1. The highest BCUT2D eigenvalue weighted by Gasteiger charge is 2.32. The summed E-state index contributed by atoms with van der Waals surface area (Å²) in [5.41, 5.74) is 6.81. The number of carbonyl (C=O) groups excluding carboxylic acids is 1. The molecule has 0 aliphatic heterocycles. The fraction of sp³-hybridized carbons (Fsp3) is 0.250. The number of amidine groups is 1. The molecule has 0 radical (unpaired) electrons. The number of hydrogen-bond donors (Lipinski definition) is 7. The van der Waals surface area contributed by atoms with E-state index in [-0.39, 0.29) is 50.7 Å². The van der Waals surface area contributed by atoms with Crippen molar-refractivity contribution in [3.8, 4) is 34.0 Å². The van der Waals surface area contributed by atoms with E-state index >= 15 is 0 Å². The molecule has 13 heteroatoms. The second kappa shape index (κ2) is 10.8. The summed E-state index contributed by atoms with van der Waals surface area (Å²) in [5.74, 6) is -0.778. The molecule has 1 heterocycles. The zero-order valence-corrected chi connectivity index (χ0v) is 23.9. The summed E-state index contributed by atoms with van der Waals surface area (Å²) in [7, 11) is -0.343. The lowest BCUT2D eigenvalue weighted by atomic mass is 9.80. The van der Waals surface area contributed by atoms with Crippen LogP contribution in [0.1, 0.15) is 25.0 Å². The van der Waals surface area contributed by atoms with E-state index in [1.807, 2.05) is 19.0 Å². The molecule has 0 atom stereocenters. The number of nitrogens with zero attached hydrogens (tertiary/aromatic N) is 2. The van der Waals surface area contributed by atoms with Crippen LogP contribution in [-0.4, -0.2) is 72.4 Å². The number of aromatic amines is 1. The lowest BCUT2D eigenvalue weighted by Crippen LogP contribution is -2.42. The number of phenols is 2. The Hall–Kier alpha value is -4.46. The lowest BCUT2D eigenvalue weighted by molar-refractivity contribution is -0.125. The summed E-state index contributed by atoms with van der Waals surface area (Å²) in [6, 6.07) is 11.6. The predicted molar refractivity (Wildman–Crippen MR) is 157 cm³/mol. The van der Waals surface area contributed by atoms with Gasteiger partial charge in [-0.25, -0.2) is 18.5 Å². The van der Waals surface area contributed by atoms with Gasteiger partial charge in [0, 0.05) is 29.8 Å². The van der Waals surface area contributed by atoms with Crippen molar-refractivity contribution in [2.24, 2.45) is 10.9 Å². The smallest absolute Gasteiger partial charge is 0.238 e. The van der Waals surface area contributed by atoms with Gasteiger partial charge in [-0.1, -0.05) is 0 Å². The third-order valence-corrected chi connectivity index (χ3v) is 7.79. The predicted octanol–water partition coefficient (Wildman–Crippen LogP) is 2.19. The van der Waals surface area contributed by atoms with Crippen LogP contribution in [0.15, 0.2) is 53.4 Å². The maximum atomic E-state index is 13.3. The number of aromatic nitrogens is 2. The van der Waals surface area contributed by atoms with Crippen molar-refractivity contribution in [3.05, 3.63) is 59.7 Å². The molecule has 0 spiro atoms. The number of fused-ring (bicyclic) bond motifs is 1. The molecule has 0 saturated heterocycles. The molecule has 0 unspecified atom stereocenters. The van der Waals surface area contributed by atoms with Crippen molar-refractivity contribution in [1.29, 1.82) is 5.41 Å². The topological polar surface area (TPSA) is 212 Å². The second-order valence-electron chi connectivity index (χ2n) is 10.6. The number of nitrogens with two attached hydrogens (primary N) is 2. The van der Waals surface area contributed by atoms with Gasteiger partial charge < -0.3 is 31.1 Å². The number of rotatable bonds is 9. The minimum atomic E-state index is -4.13. The van der Waals surface area contributed by atoms with Gasteiger partial charge in [0.1, 0.15) is 23.2 Å². The van der Waals surface area contributed by atoms with Crippen molar-refractivity contribution in [3.63, 3.8) is 0 Å². The quantitative estimate of drug-likeness (QED) is 0.115. The van der Waals surface area contributed by atoms with Crippen molar-refractivity contribution >= 4 is 32.8 Å². The Balaban J connectivity index is 1.95. The molecule has 0 bridgehead atoms. The first-order valence-corrected chi connectivity index (χ1v) is 14.2. The van der Waals surface area contributed by atoms with Crippen LogP contribution in [-0.2, 0) is 20.2 Å². The highest BCUT2D eigenvalue weighted by molar-refractivity contribution is 7.89. The first-order valence-electron chi connectivity index (χ1n) is 12.6. The molecule has 216 valence electrons. The molecule has 3 aromatic carbocycles. The summed E-state index contributed by atoms with van der Waals surface area (Å²) in [4.78, 5) is 22.7. The first-order chi connectivity index (χ1) is 19.1. The number of phenolic OH excluding ortho intramolecular Hbond substituents is 2. The summed E-state index contributed by atoms with van der Waals surface area (Å²) in [6.07, 6.45) is 0. The van der Waals surface area contributed by atoms with E-state index in [2.05, 4.69) is 15.3 Å². The summed E-state index contributed by atoms with van der Waals surface area (Å²) < 4.78 is 24.2. The summed E-state index contributed by atoms with van der Waals surface area (Å²) in [5, 5.41) is 38.2. The number of hydrogen-bond acceptors (Lipinski definition) is 8. The fourth-order valence-electron chi connectivity index (χ4n) is 4.34. The van der Waals surface area contributed by atoms with Crippen molar-refractivity contribution in [1.82, 2.24) is 20.2 Å².